The lowest BCUT2D eigenvalue weighted by Gasteiger charge is -2.09. The fourth-order valence-electron chi connectivity index (χ4n) is 1.91. The van der Waals surface area contributed by atoms with E-state index < -0.39 is 5.97 Å². The van der Waals surface area contributed by atoms with Crippen LogP contribution in [0.15, 0.2) is 42.5 Å². The Balaban J connectivity index is 2.03. The van der Waals surface area contributed by atoms with E-state index in [0.717, 1.165) is 16.7 Å². The summed E-state index contributed by atoms with van der Waals surface area (Å²) in [5.41, 5.74) is 3.24. The topological polar surface area (TPSA) is 70.3 Å². The number of carboxylic acids is 1. The molecule has 0 atom stereocenters. The molecule has 4 nitrogen and oxygen atoms in total. The molecule has 0 aliphatic carbocycles. The molecule has 0 spiro atoms. The third-order valence-electron chi connectivity index (χ3n) is 3.09. The summed E-state index contributed by atoms with van der Waals surface area (Å²) in [7, 11) is 0. The first kappa shape index (κ1) is 14.6. The van der Waals surface area contributed by atoms with Gasteiger partial charge >= 0.3 is 5.97 Å². The van der Waals surface area contributed by atoms with Gasteiger partial charge in [0.15, 0.2) is 0 Å². The molecule has 106 valence electrons. The standard InChI is InChI=1S/C17H15NO3/c1-12-2-3-15(10-18)8-16(12)21-11-14-6-4-13(5-7-14)9-17(19)20/h2-8H,9,11H2,1H3,(H,19,20). The lowest BCUT2D eigenvalue weighted by atomic mass is 10.1. The van der Waals surface area contributed by atoms with Crippen molar-refractivity contribution in [3.8, 4) is 11.8 Å². The minimum absolute atomic E-state index is 0.0183. The SMILES string of the molecule is Cc1ccc(C#N)cc1OCc1ccc(CC(=O)O)cc1. The average molecular weight is 281 g/mol. The lowest BCUT2D eigenvalue weighted by Crippen LogP contribution is -2.01. The van der Waals surface area contributed by atoms with Crippen molar-refractivity contribution in [3.05, 3.63) is 64.7 Å². The number of ether oxygens (including phenoxy) is 1. The number of hydrogen-bond donors (Lipinski definition) is 1. The number of aryl methyl sites for hydroxylation is 1. The number of aliphatic carboxylic acids is 1. The van der Waals surface area contributed by atoms with E-state index in [4.69, 9.17) is 15.1 Å². The van der Waals surface area contributed by atoms with E-state index in [9.17, 15) is 4.79 Å². The van der Waals surface area contributed by atoms with E-state index in [1.807, 2.05) is 25.1 Å². The van der Waals surface area contributed by atoms with Gasteiger partial charge in [0, 0.05) is 0 Å². The van der Waals surface area contributed by atoms with Crippen LogP contribution in [0.1, 0.15) is 22.3 Å². The van der Waals surface area contributed by atoms with E-state index in [1.54, 1.807) is 24.3 Å². The van der Waals surface area contributed by atoms with Crippen molar-refractivity contribution in [1.82, 2.24) is 0 Å². The molecule has 0 unspecified atom stereocenters. The van der Waals surface area contributed by atoms with Crippen LogP contribution in [0.4, 0.5) is 0 Å². The molecule has 0 radical (unpaired) electrons. The van der Waals surface area contributed by atoms with Gasteiger partial charge < -0.3 is 9.84 Å². The Morgan fingerprint density at radius 3 is 2.48 bits per heavy atom. The van der Waals surface area contributed by atoms with Crippen molar-refractivity contribution in [2.75, 3.05) is 0 Å². The number of rotatable bonds is 5. The second-order valence-corrected chi connectivity index (χ2v) is 4.77. The highest BCUT2D eigenvalue weighted by Crippen LogP contribution is 2.20. The maximum atomic E-state index is 10.6. The van der Waals surface area contributed by atoms with Gasteiger partial charge in [0.2, 0.25) is 0 Å². The molecule has 2 rings (SSSR count). The predicted molar refractivity (Wildman–Crippen MR) is 78.0 cm³/mol. The number of nitrogens with zero attached hydrogens (tertiary/aromatic N) is 1. The van der Waals surface area contributed by atoms with Gasteiger partial charge in [-0.2, -0.15) is 5.26 Å². The van der Waals surface area contributed by atoms with Crippen LogP contribution in [0.25, 0.3) is 0 Å². The van der Waals surface area contributed by atoms with Gasteiger partial charge in [-0.05, 0) is 35.7 Å². The maximum Gasteiger partial charge on any atom is 0.307 e. The lowest BCUT2D eigenvalue weighted by molar-refractivity contribution is -0.136. The van der Waals surface area contributed by atoms with Gasteiger partial charge in [-0.1, -0.05) is 30.3 Å². The van der Waals surface area contributed by atoms with Gasteiger partial charge in [-0.15, -0.1) is 0 Å². The molecular weight excluding hydrogens is 266 g/mol. The van der Waals surface area contributed by atoms with Crippen LogP contribution in [-0.2, 0) is 17.8 Å². The molecular formula is C17H15NO3. The Morgan fingerprint density at radius 1 is 1.19 bits per heavy atom. The Hall–Kier alpha value is -2.80. The van der Waals surface area contributed by atoms with Crippen LogP contribution in [0.2, 0.25) is 0 Å². The van der Waals surface area contributed by atoms with Gasteiger partial charge in [-0.25, -0.2) is 0 Å². The van der Waals surface area contributed by atoms with Crippen molar-refractivity contribution < 1.29 is 14.6 Å². The number of nitriles is 1. The maximum absolute atomic E-state index is 10.6. The smallest absolute Gasteiger partial charge is 0.307 e. The summed E-state index contributed by atoms with van der Waals surface area (Å²) in [5, 5.41) is 17.6. The molecule has 0 amide bonds. The van der Waals surface area contributed by atoms with Crippen molar-refractivity contribution in [1.29, 1.82) is 5.26 Å². The van der Waals surface area contributed by atoms with Crippen LogP contribution >= 0.6 is 0 Å². The van der Waals surface area contributed by atoms with Crippen LogP contribution in [0, 0.1) is 18.3 Å². The number of carbonyl (C=O) groups is 1. The van der Waals surface area contributed by atoms with E-state index in [0.29, 0.717) is 17.9 Å². The first-order valence-corrected chi connectivity index (χ1v) is 6.51. The second kappa shape index (κ2) is 6.58. The van der Waals surface area contributed by atoms with Crippen molar-refractivity contribution >= 4 is 5.97 Å². The summed E-state index contributed by atoms with van der Waals surface area (Å²) >= 11 is 0. The highest BCUT2D eigenvalue weighted by molar-refractivity contribution is 5.70. The minimum atomic E-state index is -0.844. The monoisotopic (exact) mass is 281 g/mol. The van der Waals surface area contributed by atoms with E-state index >= 15 is 0 Å². The van der Waals surface area contributed by atoms with Gasteiger partial charge in [0.05, 0.1) is 18.1 Å². The molecule has 4 heteroatoms. The van der Waals surface area contributed by atoms with Crippen LogP contribution in [0.5, 0.6) is 5.75 Å². The Morgan fingerprint density at radius 2 is 1.86 bits per heavy atom. The quantitative estimate of drug-likeness (QED) is 0.914. The van der Waals surface area contributed by atoms with Crippen LogP contribution in [0.3, 0.4) is 0 Å². The zero-order valence-corrected chi connectivity index (χ0v) is 11.7. The Kier molecular flexibility index (Phi) is 4.57. The van der Waals surface area contributed by atoms with Crippen molar-refractivity contribution in [3.63, 3.8) is 0 Å². The van der Waals surface area contributed by atoms with Gasteiger partial charge in [0.25, 0.3) is 0 Å². The van der Waals surface area contributed by atoms with E-state index in [2.05, 4.69) is 6.07 Å². The molecule has 0 aromatic heterocycles. The van der Waals surface area contributed by atoms with Gasteiger partial charge in [-0.3, -0.25) is 4.79 Å². The minimum Gasteiger partial charge on any atom is -0.489 e. The molecule has 2 aromatic carbocycles. The van der Waals surface area contributed by atoms with Crippen molar-refractivity contribution in [2.24, 2.45) is 0 Å². The summed E-state index contributed by atoms with van der Waals surface area (Å²) in [4.78, 5) is 10.6. The zero-order valence-electron chi connectivity index (χ0n) is 11.7. The summed E-state index contributed by atoms with van der Waals surface area (Å²) in [6, 6.07) is 14.7. The zero-order chi connectivity index (χ0) is 15.2. The first-order valence-electron chi connectivity index (χ1n) is 6.51. The average Bonchev–Trinajstić information content (AvgIpc) is 2.47. The Labute approximate surface area is 123 Å². The number of hydrogen-bond acceptors (Lipinski definition) is 3. The third kappa shape index (κ3) is 4.08. The second-order valence-electron chi connectivity index (χ2n) is 4.77. The van der Waals surface area contributed by atoms with E-state index in [-0.39, 0.29) is 6.42 Å². The number of benzene rings is 2. The third-order valence-corrected chi connectivity index (χ3v) is 3.09. The summed E-state index contributed by atoms with van der Waals surface area (Å²) in [5.74, 6) is -0.161. The highest BCUT2D eigenvalue weighted by Gasteiger charge is 2.04. The molecule has 0 saturated heterocycles. The number of carboxylic acid groups (broad SMARTS) is 1. The molecule has 21 heavy (non-hydrogen) atoms. The summed E-state index contributed by atoms with van der Waals surface area (Å²) in [6.07, 6.45) is 0.0183. The fourth-order valence-corrected chi connectivity index (χ4v) is 1.91. The van der Waals surface area contributed by atoms with E-state index in [1.165, 1.54) is 0 Å². The molecule has 0 aliphatic heterocycles. The predicted octanol–water partition coefficient (Wildman–Crippen LogP) is 3.07. The first-order chi connectivity index (χ1) is 10.1. The molecule has 1 N–H and O–H groups in total. The largest absolute Gasteiger partial charge is 0.489 e. The normalized spacial score (nSPS) is 9.90. The van der Waals surface area contributed by atoms with Crippen molar-refractivity contribution in [2.45, 2.75) is 20.0 Å². The fraction of sp³-hybridized carbons (Fsp3) is 0.176. The summed E-state index contributed by atoms with van der Waals surface area (Å²) < 4.78 is 5.72. The molecule has 0 aliphatic rings. The summed E-state index contributed by atoms with van der Waals surface area (Å²) in [6.45, 7) is 2.30. The van der Waals surface area contributed by atoms with Crippen LogP contribution in [-0.4, -0.2) is 11.1 Å². The Bertz CT molecular complexity index is 684. The molecule has 0 saturated carbocycles. The highest BCUT2D eigenvalue weighted by atomic mass is 16.5. The molecule has 0 heterocycles. The van der Waals surface area contributed by atoms with Gasteiger partial charge in [0.1, 0.15) is 12.4 Å². The molecule has 2 aromatic rings. The molecule has 0 bridgehead atoms. The van der Waals surface area contributed by atoms with Crippen LogP contribution < -0.4 is 4.74 Å². The molecule has 0 fully saturated rings.